The zero-order valence-electron chi connectivity index (χ0n) is 35.7. The summed E-state index contributed by atoms with van der Waals surface area (Å²) in [6.45, 7) is 6.59. The highest BCUT2D eigenvalue weighted by Gasteiger charge is 2.40. The summed E-state index contributed by atoms with van der Waals surface area (Å²) in [5.41, 5.74) is 11.4. The van der Waals surface area contributed by atoms with Crippen LogP contribution in [0.1, 0.15) is 48.6 Å². The fourth-order valence-electron chi connectivity index (χ4n) is 9.17. The van der Waals surface area contributed by atoms with Crippen molar-refractivity contribution < 1.29 is 13.5 Å². The lowest BCUT2D eigenvalue weighted by Crippen LogP contribution is -2.31. The zero-order chi connectivity index (χ0) is 44.0. The lowest BCUT2D eigenvalue weighted by Gasteiger charge is -2.39. The van der Waals surface area contributed by atoms with E-state index in [0.29, 0.717) is 33.3 Å². The van der Waals surface area contributed by atoms with E-state index in [9.17, 15) is 0 Å². The van der Waals surface area contributed by atoms with Gasteiger partial charge >= 0.3 is 0 Å². The van der Waals surface area contributed by atoms with Crippen LogP contribution in [0.15, 0.2) is 212 Å². The van der Waals surface area contributed by atoms with Gasteiger partial charge in [0.25, 0.3) is 0 Å². The van der Waals surface area contributed by atoms with Crippen LogP contribution >= 0.6 is 11.6 Å². The summed E-state index contributed by atoms with van der Waals surface area (Å²) in [6, 6.07) is 70.9. The summed E-state index contributed by atoms with van der Waals surface area (Å²) < 4.78 is 37.2. The summed E-state index contributed by atoms with van der Waals surface area (Å²) in [5, 5.41) is 0.330. The molecule has 9 aromatic rings. The first-order valence-corrected chi connectivity index (χ1v) is 21.8. The van der Waals surface area contributed by atoms with Crippen LogP contribution in [0.25, 0.3) is 33.4 Å². The van der Waals surface area contributed by atoms with Crippen LogP contribution in [0.4, 0.5) is 25.8 Å². The van der Waals surface area contributed by atoms with E-state index in [0.717, 1.165) is 61.9 Å². The van der Waals surface area contributed by atoms with Crippen molar-refractivity contribution >= 4 is 28.7 Å². The van der Waals surface area contributed by atoms with Gasteiger partial charge in [0.2, 0.25) is 0 Å². The molecule has 10 rings (SSSR count). The molecule has 1 aliphatic rings. The molecule has 0 saturated heterocycles. The molecule has 0 radical (unpaired) electrons. The fourth-order valence-corrected chi connectivity index (χ4v) is 9.41. The van der Waals surface area contributed by atoms with Crippen molar-refractivity contribution in [3.63, 3.8) is 0 Å². The van der Waals surface area contributed by atoms with Crippen LogP contribution in [0.3, 0.4) is 0 Å². The molecule has 1 heterocycles. The molecule has 6 bridgehead atoms. The number of rotatable bonds is 6. The Bertz CT molecular complexity index is 3070. The standard InChI is InChI=1S/C59H44ClF2NO/c1-58(2,3)45-24-26-52(27-25-45)63-53-32-41(39-16-8-4-9-17-39)28-48(36-53)59(46-20-12-6-13-21-46,47-22-14-7-15-23-47)49-29-42(40-18-10-5-11-19-40)33-54(37-49)64-56-35-44(34-55(63)57(56)60)43-30-50(61)38-51(62)31-43/h4-38H,1-3H3. The van der Waals surface area contributed by atoms with Crippen molar-refractivity contribution in [2.45, 2.75) is 31.6 Å². The predicted molar refractivity (Wildman–Crippen MR) is 259 cm³/mol. The van der Waals surface area contributed by atoms with E-state index in [1.54, 1.807) is 6.07 Å². The van der Waals surface area contributed by atoms with E-state index in [2.05, 4.69) is 177 Å². The smallest absolute Gasteiger partial charge is 0.148 e. The Kier molecular flexibility index (Phi) is 10.5. The minimum Gasteiger partial charge on any atom is -0.456 e. The fraction of sp³-hybridized carbons (Fsp3) is 0.0847. The molecule has 0 unspecified atom stereocenters. The summed E-state index contributed by atoms with van der Waals surface area (Å²) in [6.07, 6.45) is 0. The van der Waals surface area contributed by atoms with Gasteiger partial charge in [0.1, 0.15) is 28.2 Å². The molecule has 0 aromatic heterocycles. The monoisotopic (exact) mass is 855 g/mol. The zero-order valence-corrected chi connectivity index (χ0v) is 36.5. The predicted octanol–water partition coefficient (Wildman–Crippen LogP) is 16.9. The molecular formula is C59H44ClF2NO. The first-order chi connectivity index (χ1) is 31.0. The lowest BCUT2D eigenvalue weighted by atomic mass is 9.64. The largest absolute Gasteiger partial charge is 0.456 e. The highest BCUT2D eigenvalue weighted by atomic mass is 35.5. The number of ether oxygens (including phenoxy) is 1. The lowest BCUT2D eigenvalue weighted by molar-refractivity contribution is 0.482. The number of hydrogen-bond donors (Lipinski definition) is 0. The molecular weight excluding hydrogens is 812 g/mol. The normalized spacial score (nSPS) is 13.1. The van der Waals surface area contributed by atoms with Crippen LogP contribution < -0.4 is 9.64 Å². The number of hydrogen-bond acceptors (Lipinski definition) is 2. The van der Waals surface area contributed by atoms with Gasteiger partial charge in [-0.2, -0.15) is 0 Å². The summed E-state index contributed by atoms with van der Waals surface area (Å²) in [5.74, 6) is -0.492. The van der Waals surface area contributed by atoms with Crippen molar-refractivity contribution in [2.24, 2.45) is 0 Å². The second-order valence-corrected chi connectivity index (χ2v) is 17.8. The molecule has 64 heavy (non-hydrogen) atoms. The molecule has 0 spiro atoms. The molecule has 0 atom stereocenters. The van der Waals surface area contributed by atoms with Gasteiger partial charge < -0.3 is 9.64 Å². The molecule has 0 amide bonds. The van der Waals surface area contributed by atoms with E-state index in [1.807, 2.05) is 36.4 Å². The Labute approximate surface area is 378 Å². The molecule has 312 valence electrons. The summed E-state index contributed by atoms with van der Waals surface area (Å²) in [7, 11) is 0. The minimum absolute atomic E-state index is 0.100. The second kappa shape index (κ2) is 16.5. The van der Waals surface area contributed by atoms with Gasteiger partial charge in [-0.3, -0.25) is 0 Å². The highest BCUT2D eigenvalue weighted by Crippen LogP contribution is 2.53. The quantitative estimate of drug-likeness (QED) is 0.165. The van der Waals surface area contributed by atoms with Crippen LogP contribution in [-0.2, 0) is 10.8 Å². The number of benzene rings is 9. The maximum Gasteiger partial charge on any atom is 0.148 e. The summed E-state index contributed by atoms with van der Waals surface area (Å²) >= 11 is 7.68. The van der Waals surface area contributed by atoms with Crippen LogP contribution in [0.5, 0.6) is 11.5 Å². The van der Waals surface area contributed by atoms with Gasteiger partial charge in [0, 0.05) is 17.4 Å². The number of halogens is 3. The Hall–Kier alpha value is -7.27. The maximum absolute atomic E-state index is 15.1. The van der Waals surface area contributed by atoms with E-state index >= 15 is 8.78 Å². The first kappa shape index (κ1) is 40.8. The van der Waals surface area contributed by atoms with Gasteiger partial charge in [-0.25, -0.2) is 8.78 Å². The number of fused-ring (bicyclic) bond motifs is 6. The molecule has 1 aliphatic heterocycles. The van der Waals surface area contributed by atoms with Crippen molar-refractivity contribution in [3.05, 3.63) is 257 Å². The van der Waals surface area contributed by atoms with Crippen LogP contribution in [0, 0.1) is 11.6 Å². The van der Waals surface area contributed by atoms with Crippen molar-refractivity contribution in [1.82, 2.24) is 0 Å². The van der Waals surface area contributed by atoms with E-state index < -0.39 is 17.0 Å². The third kappa shape index (κ3) is 7.54. The number of anilines is 3. The van der Waals surface area contributed by atoms with Gasteiger partial charge in [0.15, 0.2) is 0 Å². The van der Waals surface area contributed by atoms with Crippen molar-refractivity contribution in [2.75, 3.05) is 4.90 Å². The van der Waals surface area contributed by atoms with Crippen molar-refractivity contribution in [3.8, 4) is 44.9 Å². The Morgan fingerprint density at radius 2 is 0.922 bits per heavy atom. The van der Waals surface area contributed by atoms with Crippen LogP contribution in [0.2, 0.25) is 5.02 Å². The van der Waals surface area contributed by atoms with Gasteiger partial charge in [-0.05, 0) is 139 Å². The molecule has 9 aromatic carbocycles. The average Bonchev–Trinajstić information content (AvgIpc) is 3.31. The Morgan fingerprint density at radius 1 is 0.438 bits per heavy atom. The van der Waals surface area contributed by atoms with E-state index in [-0.39, 0.29) is 5.41 Å². The highest BCUT2D eigenvalue weighted by molar-refractivity contribution is 6.35. The summed E-state index contributed by atoms with van der Waals surface area (Å²) in [4.78, 5) is 2.14. The third-order valence-corrected chi connectivity index (χ3v) is 12.6. The average molecular weight is 856 g/mol. The Morgan fingerprint density at radius 3 is 1.47 bits per heavy atom. The molecule has 0 saturated carbocycles. The van der Waals surface area contributed by atoms with E-state index in [1.165, 1.54) is 17.7 Å². The van der Waals surface area contributed by atoms with Gasteiger partial charge in [0.05, 0.1) is 11.1 Å². The Balaban J connectivity index is 1.39. The van der Waals surface area contributed by atoms with Gasteiger partial charge in [-0.1, -0.05) is 166 Å². The van der Waals surface area contributed by atoms with Crippen molar-refractivity contribution in [1.29, 1.82) is 0 Å². The van der Waals surface area contributed by atoms with Crippen LogP contribution in [-0.4, -0.2) is 0 Å². The number of nitrogens with zero attached hydrogens (tertiary/aromatic N) is 1. The molecule has 0 N–H and O–H groups in total. The third-order valence-electron chi connectivity index (χ3n) is 12.3. The topological polar surface area (TPSA) is 12.5 Å². The van der Waals surface area contributed by atoms with Gasteiger partial charge in [-0.15, -0.1) is 0 Å². The van der Waals surface area contributed by atoms with E-state index in [4.69, 9.17) is 16.3 Å². The molecule has 2 nitrogen and oxygen atoms in total. The maximum atomic E-state index is 15.1. The molecule has 0 aliphatic carbocycles. The SMILES string of the molecule is CC(C)(C)c1ccc(N2c3cc(-c4ccccc4)cc(c3)C(c3ccccc3)(c3ccccc3)c3cc(cc(-c4ccccc4)c3)Oc3cc(-c4cc(F)cc(F)c4)cc2c3Cl)cc1. The minimum atomic E-state index is -0.895. The molecule has 0 fully saturated rings. The first-order valence-electron chi connectivity index (χ1n) is 21.5. The molecule has 5 heteroatoms. The second-order valence-electron chi connectivity index (χ2n) is 17.4.